The molecule has 0 aliphatic carbocycles. The van der Waals surface area contributed by atoms with Crippen LogP contribution in [0.5, 0.6) is 0 Å². The van der Waals surface area contributed by atoms with Crippen LogP contribution in [0.2, 0.25) is 0 Å². The van der Waals surface area contributed by atoms with Gasteiger partial charge in [0.05, 0.1) is 65.4 Å². The van der Waals surface area contributed by atoms with Crippen molar-refractivity contribution in [2.75, 3.05) is 78.5 Å². The summed E-state index contributed by atoms with van der Waals surface area (Å²) in [5.41, 5.74) is 1.60. The summed E-state index contributed by atoms with van der Waals surface area (Å²) in [6.45, 7) is 12.5. The van der Waals surface area contributed by atoms with Crippen molar-refractivity contribution < 1.29 is 43.4 Å². The van der Waals surface area contributed by atoms with Gasteiger partial charge in [-0.25, -0.2) is 0 Å². The molecule has 0 unspecified atom stereocenters. The highest BCUT2D eigenvalue weighted by Crippen LogP contribution is 2.24. The van der Waals surface area contributed by atoms with Gasteiger partial charge in [-0.2, -0.15) is 0 Å². The maximum atomic E-state index is 12.9. The largest absolute Gasteiger partial charge is 1.00 e. The van der Waals surface area contributed by atoms with E-state index in [4.69, 9.17) is 0 Å². The summed E-state index contributed by atoms with van der Waals surface area (Å²) in [6.07, 6.45) is 1.24. The van der Waals surface area contributed by atoms with Crippen LogP contribution in [-0.4, -0.2) is 109 Å². The van der Waals surface area contributed by atoms with E-state index in [1.54, 1.807) is 0 Å². The number of hydrogen-bond donors (Lipinski definition) is 0. The molecule has 6 nitrogen and oxygen atoms in total. The van der Waals surface area contributed by atoms with Gasteiger partial charge in [0.25, 0.3) is 11.8 Å². The quantitative estimate of drug-likeness (QED) is 0.384. The molecule has 35 heavy (non-hydrogen) atoms. The minimum absolute atomic E-state index is 0. The van der Waals surface area contributed by atoms with Gasteiger partial charge < -0.3 is 43.6 Å². The molecule has 2 amide bonds. The van der Waals surface area contributed by atoms with Crippen molar-refractivity contribution in [2.24, 2.45) is 0 Å². The molecule has 3 aliphatic heterocycles. The van der Waals surface area contributed by atoms with Gasteiger partial charge in [0.2, 0.25) is 0 Å². The predicted molar refractivity (Wildman–Crippen MR) is 129 cm³/mol. The average molecular weight is 520 g/mol. The van der Waals surface area contributed by atoms with Gasteiger partial charge in [0, 0.05) is 17.5 Å². The van der Waals surface area contributed by atoms with E-state index in [1.807, 2.05) is 70.5 Å². The van der Waals surface area contributed by atoms with Gasteiger partial charge in [0.1, 0.15) is 13.1 Å². The Kier molecular flexibility index (Phi) is 9.22. The highest BCUT2D eigenvalue weighted by atomic mass is 35.5. The summed E-state index contributed by atoms with van der Waals surface area (Å²) in [5.74, 6) is 0.344. The smallest absolute Gasteiger partial charge is 0.254 e. The molecule has 2 aromatic rings. The number of quaternary nitrogens is 2. The minimum atomic E-state index is 0. The lowest BCUT2D eigenvalue weighted by Crippen LogP contribution is -3.00. The molecule has 0 N–H and O–H groups in total. The van der Waals surface area contributed by atoms with Crippen LogP contribution in [0.4, 0.5) is 0 Å². The third-order valence-electron chi connectivity index (χ3n) is 8.31. The monoisotopic (exact) mass is 518 g/mol. The van der Waals surface area contributed by atoms with Gasteiger partial charge in [-0.3, -0.25) is 9.59 Å². The van der Waals surface area contributed by atoms with Gasteiger partial charge in [-0.1, -0.05) is 36.4 Å². The fourth-order valence-electron chi connectivity index (χ4n) is 6.00. The fourth-order valence-corrected chi connectivity index (χ4v) is 6.00. The summed E-state index contributed by atoms with van der Waals surface area (Å²) in [5, 5.41) is 0. The van der Waals surface area contributed by atoms with Crippen molar-refractivity contribution in [2.45, 2.75) is 6.42 Å². The molecule has 0 bridgehead atoms. The first-order valence-corrected chi connectivity index (χ1v) is 12.5. The minimum Gasteiger partial charge on any atom is -1.00 e. The zero-order valence-electron chi connectivity index (χ0n) is 20.3. The lowest BCUT2D eigenvalue weighted by molar-refractivity contribution is -0.966. The highest BCUT2D eigenvalue weighted by molar-refractivity contribution is 5.94. The van der Waals surface area contributed by atoms with Gasteiger partial charge >= 0.3 is 0 Å². The maximum Gasteiger partial charge on any atom is 0.254 e. The van der Waals surface area contributed by atoms with Gasteiger partial charge in [-0.05, 0) is 24.3 Å². The Labute approximate surface area is 221 Å². The van der Waals surface area contributed by atoms with Crippen molar-refractivity contribution >= 4 is 11.8 Å². The van der Waals surface area contributed by atoms with Crippen LogP contribution in [0.1, 0.15) is 27.1 Å². The Morgan fingerprint density at radius 1 is 0.514 bits per heavy atom. The van der Waals surface area contributed by atoms with Crippen LogP contribution >= 0.6 is 0 Å². The second-order valence-corrected chi connectivity index (χ2v) is 10.1. The number of piperazine rings is 2. The van der Waals surface area contributed by atoms with Crippen LogP contribution in [0.25, 0.3) is 0 Å². The Balaban J connectivity index is 0.00000171. The first-order valence-electron chi connectivity index (χ1n) is 12.5. The molecule has 3 fully saturated rings. The molecule has 2 spiro atoms. The van der Waals surface area contributed by atoms with E-state index >= 15 is 0 Å². The number of amides is 2. The van der Waals surface area contributed by atoms with Crippen LogP contribution < -0.4 is 24.8 Å². The molecule has 0 atom stereocenters. The van der Waals surface area contributed by atoms with Crippen molar-refractivity contribution in [3.8, 4) is 0 Å². The Hall–Kier alpha value is -2.12. The third-order valence-corrected chi connectivity index (χ3v) is 8.31. The molecule has 0 radical (unpaired) electrons. The molecular formula is C27H36Cl2N4O2. The van der Waals surface area contributed by atoms with Crippen LogP contribution in [0, 0.1) is 0 Å². The van der Waals surface area contributed by atoms with Crippen molar-refractivity contribution in [1.82, 2.24) is 9.80 Å². The van der Waals surface area contributed by atoms with Crippen LogP contribution in [0.15, 0.2) is 60.7 Å². The number of carbonyl (C=O) groups is 2. The van der Waals surface area contributed by atoms with Crippen LogP contribution in [-0.2, 0) is 0 Å². The summed E-state index contributed by atoms with van der Waals surface area (Å²) in [4.78, 5) is 29.8. The summed E-state index contributed by atoms with van der Waals surface area (Å²) in [7, 11) is 0. The van der Waals surface area contributed by atoms with E-state index in [-0.39, 0.29) is 36.6 Å². The number of hydrogen-bond acceptors (Lipinski definition) is 2. The zero-order chi connectivity index (χ0) is 22.7. The molecule has 2 aromatic carbocycles. The second-order valence-electron chi connectivity index (χ2n) is 10.1. The Morgan fingerprint density at radius 2 is 0.857 bits per heavy atom. The molecule has 8 heteroatoms. The standard InChI is InChI=1S/C27H36N4O2.2ClH/c32-26(24-8-3-1-4-9-24)28-12-18-30(19-13-28)16-7-17-31(23-22-30)20-14-29(15-21-31)27(33)25-10-5-2-6-11-25;;/h1-6,8-11H,7,12-23H2;2*1H/q+2;;/p-2. The molecule has 3 heterocycles. The molecule has 3 aliphatic rings. The summed E-state index contributed by atoms with van der Waals surface area (Å²) >= 11 is 0. The molecule has 0 aromatic heterocycles. The highest BCUT2D eigenvalue weighted by Gasteiger charge is 2.43. The number of halogens is 2. The zero-order valence-corrected chi connectivity index (χ0v) is 21.8. The Morgan fingerprint density at radius 3 is 1.20 bits per heavy atom. The van der Waals surface area contributed by atoms with E-state index in [0.717, 1.165) is 72.5 Å². The number of nitrogens with zero attached hydrogens (tertiary/aromatic N) is 4. The lowest BCUT2D eigenvalue weighted by atomic mass is 10.1. The molecule has 0 saturated carbocycles. The third kappa shape index (κ3) is 6.00. The van der Waals surface area contributed by atoms with E-state index in [9.17, 15) is 9.59 Å². The van der Waals surface area contributed by atoms with Crippen molar-refractivity contribution in [3.63, 3.8) is 0 Å². The molecule has 3 saturated heterocycles. The summed E-state index contributed by atoms with van der Waals surface area (Å²) < 4.78 is 2.32. The van der Waals surface area contributed by atoms with E-state index in [2.05, 4.69) is 0 Å². The number of carbonyl (C=O) groups excluding carboxylic acids is 2. The normalized spacial score (nSPS) is 20.9. The van der Waals surface area contributed by atoms with Crippen molar-refractivity contribution in [1.29, 1.82) is 0 Å². The van der Waals surface area contributed by atoms with E-state index in [0.29, 0.717) is 0 Å². The number of benzene rings is 2. The van der Waals surface area contributed by atoms with Crippen LogP contribution in [0.3, 0.4) is 0 Å². The van der Waals surface area contributed by atoms with Gasteiger partial charge in [0.15, 0.2) is 0 Å². The first-order chi connectivity index (χ1) is 16.1. The SMILES string of the molecule is O=C(c1ccccc1)N1CC[N+]2(CCC[N+]3(CCN(C(=O)c4ccccc4)CC3)CC2)CC1.[Cl-].[Cl-]. The molecule has 190 valence electrons. The fraction of sp³-hybridized carbons (Fsp3) is 0.481. The van der Waals surface area contributed by atoms with E-state index in [1.165, 1.54) is 32.6 Å². The summed E-state index contributed by atoms with van der Waals surface area (Å²) in [6, 6.07) is 19.4. The number of rotatable bonds is 2. The second kappa shape index (κ2) is 11.7. The van der Waals surface area contributed by atoms with E-state index < -0.39 is 0 Å². The van der Waals surface area contributed by atoms with Crippen molar-refractivity contribution in [3.05, 3.63) is 71.8 Å². The Bertz CT molecular complexity index is 894. The average Bonchev–Trinajstić information content (AvgIpc) is 3.05. The van der Waals surface area contributed by atoms with Gasteiger partial charge in [-0.15, -0.1) is 0 Å². The lowest BCUT2D eigenvalue weighted by Gasteiger charge is -2.46. The maximum absolute atomic E-state index is 12.9. The topological polar surface area (TPSA) is 40.6 Å². The molecule has 5 rings (SSSR count). The first kappa shape index (κ1) is 27.5. The predicted octanol–water partition coefficient (Wildman–Crippen LogP) is -3.66. The molecular weight excluding hydrogens is 483 g/mol.